The van der Waals surface area contributed by atoms with Crippen LogP contribution in [0, 0.1) is 11.8 Å². The molecule has 21 heavy (non-hydrogen) atoms. The lowest BCUT2D eigenvalue weighted by Gasteiger charge is -2.35. The van der Waals surface area contributed by atoms with Gasteiger partial charge in [0, 0.05) is 31.7 Å². The fourth-order valence-electron chi connectivity index (χ4n) is 3.70. The number of piperidine rings is 1. The van der Waals surface area contributed by atoms with Gasteiger partial charge in [0.25, 0.3) is 10.2 Å². The van der Waals surface area contributed by atoms with E-state index < -0.39 is 10.2 Å². The van der Waals surface area contributed by atoms with E-state index in [1.807, 2.05) is 6.92 Å². The van der Waals surface area contributed by atoms with Gasteiger partial charge in [-0.1, -0.05) is 6.92 Å². The zero-order valence-electron chi connectivity index (χ0n) is 13.3. The van der Waals surface area contributed by atoms with E-state index in [-0.39, 0.29) is 6.04 Å². The van der Waals surface area contributed by atoms with Gasteiger partial charge in [-0.05, 0) is 57.4 Å². The van der Waals surface area contributed by atoms with E-state index in [0.717, 1.165) is 31.8 Å². The highest BCUT2D eigenvalue weighted by Gasteiger charge is 2.39. The molecule has 0 aromatic heterocycles. The first kappa shape index (κ1) is 15.7. The summed E-state index contributed by atoms with van der Waals surface area (Å²) in [4.78, 5) is 0. The molecule has 2 atom stereocenters. The monoisotopic (exact) mass is 315 g/mol. The Labute approximate surface area is 129 Å². The summed E-state index contributed by atoms with van der Waals surface area (Å²) >= 11 is 0. The number of hydrogen-bond donors (Lipinski definition) is 1. The van der Waals surface area contributed by atoms with Crippen LogP contribution in [0.5, 0.6) is 0 Å². The van der Waals surface area contributed by atoms with E-state index in [1.165, 1.54) is 12.8 Å². The summed E-state index contributed by atoms with van der Waals surface area (Å²) in [5.41, 5.74) is 0. The second-order valence-electron chi connectivity index (χ2n) is 7.29. The van der Waals surface area contributed by atoms with Crippen molar-refractivity contribution in [2.75, 3.05) is 26.2 Å². The first-order valence-corrected chi connectivity index (χ1v) is 9.87. The molecule has 2 heterocycles. The van der Waals surface area contributed by atoms with Crippen molar-refractivity contribution in [1.82, 2.24) is 13.9 Å². The molecule has 1 saturated carbocycles. The minimum absolute atomic E-state index is 0.152. The van der Waals surface area contributed by atoms with Crippen molar-refractivity contribution in [2.45, 2.75) is 58.0 Å². The van der Waals surface area contributed by atoms with Crippen molar-refractivity contribution in [2.24, 2.45) is 11.8 Å². The number of rotatable bonds is 5. The van der Waals surface area contributed by atoms with Crippen LogP contribution in [0.4, 0.5) is 0 Å². The van der Waals surface area contributed by atoms with E-state index in [1.54, 1.807) is 8.61 Å². The van der Waals surface area contributed by atoms with Crippen LogP contribution in [-0.4, -0.2) is 55.3 Å². The van der Waals surface area contributed by atoms with Crippen LogP contribution in [0.1, 0.15) is 46.0 Å². The van der Waals surface area contributed by atoms with Gasteiger partial charge in [-0.15, -0.1) is 0 Å². The van der Waals surface area contributed by atoms with E-state index in [9.17, 15) is 8.42 Å². The van der Waals surface area contributed by atoms with Crippen molar-refractivity contribution in [3.05, 3.63) is 0 Å². The van der Waals surface area contributed by atoms with Crippen LogP contribution in [-0.2, 0) is 10.2 Å². The third kappa shape index (κ3) is 3.60. The summed E-state index contributed by atoms with van der Waals surface area (Å²) in [5, 5.41) is 3.57. The molecular formula is C15H29N3O2S. The van der Waals surface area contributed by atoms with Gasteiger partial charge in [0.15, 0.2) is 0 Å². The maximum Gasteiger partial charge on any atom is 0.282 e. The molecule has 2 unspecified atom stereocenters. The lowest BCUT2D eigenvalue weighted by molar-refractivity contribution is 0.247. The van der Waals surface area contributed by atoms with Gasteiger partial charge in [-0.25, -0.2) is 0 Å². The van der Waals surface area contributed by atoms with E-state index >= 15 is 0 Å². The predicted molar refractivity (Wildman–Crippen MR) is 84.2 cm³/mol. The first-order chi connectivity index (χ1) is 9.96. The maximum atomic E-state index is 12.8. The Morgan fingerprint density at radius 2 is 1.76 bits per heavy atom. The van der Waals surface area contributed by atoms with E-state index in [2.05, 4.69) is 12.2 Å². The minimum Gasteiger partial charge on any atom is -0.314 e. The molecule has 3 aliphatic rings. The van der Waals surface area contributed by atoms with Gasteiger partial charge >= 0.3 is 0 Å². The number of nitrogens with one attached hydrogen (secondary N) is 1. The number of nitrogens with zero attached hydrogens (tertiary/aromatic N) is 2. The van der Waals surface area contributed by atoms with E-state index in [4.69, 9.17) is 0 Å². The summed E-state index contributed by atoms with van der Waals surface area (Å²) in [5.74, 6) is 1.13. The van der Waals surface area contributed by atoms with Gasteiger partial charge < -0.3 is 5.32 Å². The third-order valence-electron chi connectivity index (χ3n) is 5.20. The second kappa shape index (κ2) is 6.14. The third-order valence-corrected chi connectivity index (χ3v) is 7.31. The molecule has 6 heteroatoms. The lowest BCUT2D eigenvalue weighted by atomic mass is 9.98. The van der Waals surface area contributed by atoms with Gasteiger partial charge in [-0.3, -0.25) is 0 Å². The van der Waals surface area contributed by atoms with Crippen LogP contribution in [0.25, 0.3) is 0 Å². The topological polar surface area (TPSA) is 52.7 Å². The molecule has 1 aliphatic carbocycles. The zero-order chi connectivity index (χ0) is 15.0. The molecule has 2 saturated heterocycles. The summed E-state index contributed by atoms with van der Waals surface area (Å²) in [6.45, 7) is 7.31. The molecular weight excluding hydrogens is 286 g/mol. The van der Waals surface area contributed by atoms with Crippen molar-refractivity contribution in [3.8, 4) is 0 Å². The lowest BCUT2D eigenvalue weighted by Crippen LogP contribution is -2.49. The standard InChI is InChI=1S/C15H29N3O2S/c1-12-9-13(2)18(11-12)21(19,20)17-7-5-14(6-8-17)10-16-15-3-4-15/h12-16H,3-11H2,1-2H3. The molecule has 122 valence electrons. The normalized spacial score (nSPS) is 33.6. The molecule has 0 aromatic carbocycles. The SMILES string of the molecule is CC1CC(C)N(S(=O)(=O)N2CCC(CNC3CC3)CC2)C1. The fraction of sp³-hybridized carbons (Fsp3) is 1.00. The molecule has 1 N–H and O–H groups in total. The molecule has 3 fully saturated rings. The zero-order valence-corrected chi connectivity index (χ0v) is 14.1. The fourth-order valence-corrected chi connectivity index (χ4v) is 5.65. The highest BCUT2D eigenvalue weighted by atomic mass is 32.2. The molecule has 0 radical (unpaired) electrons. The van der Waals surface area contributed by atoms with Crippen molar-refractivity contribution < 1.29 is 8.42 Å². The van der Waals surface area contributed by atoms with Crippen LogP contribution in [0.2, 0.25) is 0 Å². The number of hydrogen-bond acceptors (Lipinski definition) is 3. The van der Waals surface area contributed by atoms with Crippen molar-refractivity contribution >= 4 is 10.2 Å². The van der Waals surface area contributed by atoms with Crippen LogP contribution in [0.15, 0.2) is 0 Å². The largest absolute Gasteiger partial charge is 0.314 e. The smallest absolute Gasteiger partial charge is 0.282 e. The predicted octanol–water partition coefficient (Wildman–Crippen LogP) is 1.43. The van der Waals surface area contributed by atoms with Crippen LogP contribution >= 0.6 is 0 Å². The van der Waals surface area contributed by atoms with Gasteiger partial charge in [-0.2, -0.15) is 17.0 Å². The molecule has 0 amide bonds. The summed E-state index contributed by atoms with van der Waals surface area (Å²) in [6, 6.07) is 0.901. The Hall–Kier alpha value is -0.170. The molecule has 0 aromatic rings. The minimum atomic E-state index is -3.24. The Morgan fingerprint density at radius 1 is 1.10 bits per heavy atom. The van der Waals surface area contributed by atoms with Crippen LogP contribution in [0.3, 0.4) is 0 Å². The van der Waals surface area contributed by atoms with Crippen molar-refractivity contribution in [3.63, 3.8) is 0 Å². The molecule has 3 rings (SSSR count). The van der Waals surface area contributed by atoms with Crippen molar-refractivity contribution in [1.29, 1.82) is 0 Å². The Balaban J connectivity index is 1.52. The average Bonchev–Trinajstić information content (AvgIpc) is 3.21. The van der Waals surface area contributed by atoms with Gasteiger partial charge in [0.2, 0.25) is 0 Å². The molecule has 0 bridgehead atoms. The summed E-state index contributed by atoms with van der Waals surface area (Å²) in [6.07, 6.45) is 5.62. The van der Waals surface area contributed by atoms with E-state index in [0.29, 0.717) is 31.5 Å². The quantitative estimate of drug-likeness (QED) is 0.835. The Bertz CT molecular complexity index is 456. The summed E-state index contributed by atoms with van der Waals surface area (Å²) in [7, 11) is -3.24. The second-order valence-corrected chi connectivity index (χ2v) is 9.17. The highest BCUT2D eigenvalue weighted by Crippen LogP contribution is 2.29. The van der Waals surface area contributed by atoms with Crippen LogP contribution < -0.4 is 5.32 Å². The van der Waals surface area contributed by atoms with Gasteiger partial charge in [0.1, 0.15) is 0 Å². The van der Waals surface area contributed by atoms with Gasteiger partial charge in [0.05, 0.1) is 0 Å². The molecule has 0 spiro atoms. The average molecular weight is 315 g/mol. The highest BCUT2D eigenvalue weighted by molar-refractivity contribution is 7.86. The molecule has 5 nitrogen and oxygen atoms in total. The Morgan fingerprint density at radius 3 is 2.29 bits per heavy atom. The summed E-state index contributed by atoms with van der Waals surface area (Å²) < 4.78 is 29.0. The first-order valence-electron chi connectivity index (χ1n) is 8.47. The maximum absolute atomic E-state index is 12.8. The Kier molecular flexibility index (Phi) is 4.60. The molecule has 2 aliphatic heterocycles.